The first-order valence-corrected chi connectivity index (χ1v) is 6.02. The van der Waals surface area contributed by atoms with E-state index in [-0.39, 0.29) is 0 Å². The third-order valence-corrected chi connectivity index (χ3v) is 3.35. The predicted octanol–water partition coefficient (Wildman–Crippen LogP) is 2.74. The Morgan fingerprint density at radius 3 is 2.88 bits per heavy atom. The van der Waals surface area contributed by atoms with Gasteiger partial charge in [-0.05, 0) is 35.3 Å². The molecule has 0 aliphatic heterocycles. The van der Waals surface area contributed by atoms with Crippen LogP contribution in [-0.2, 0) is 6.54 Å². The lowest BCUT2D eigenvalue weighted by Crippen LogP contribution is -1.96. The smallest absolute Gasteiger partial charge is 0.234 e. The topological polar surface area (TPSA) is 66.0 Å². The molecule has 0 aromatic carbocycles. The highest BCUT2D eigenvalue weighted by atomic mass is 79.9. The van der Waals surface area contributed by atoms with Crippen molar-refractivity contribution in [3.63, 3.8) is 0 Å². The van der Waals surface area contributed by atoms with E-state index in [9.17, 15) is 0 Å². The third kappa shape index (κ3) is 2.41. The van der Waals surface area contributed by atoms with E-state index in [1.165, 1.54) is 0 Å². The summed E-state index contributed by atoms with van der Waals surface area (Å²) in [5, 5.41) is 4.12. The number of pyridine rings is 1. The highest BCUT2D eigenvalue weighted by Crippen LogP contribution is 2.32. The normalized spacial score (nSPS) is 10.5. The molecule has 2 aromatic heterocycles. The number of hydrogen-bond donors (Lipinski definition) is 1. The SMILES string of the molecule is CCn1cc(Oc2ncc(N)c(C)c2Br)cn1. The molecule has 0 saturated carbocycles. The Bertz CT molecular complexity index is 538. The molecule has 0 fully saturated rings. The van der Waals surface area contributed by atoms with E-state index in [1.54, 1.807) is 17.1 Å². The van der Waals surface area contributed by atoms with Crippen LogP contribution in [0.3, 0.4) is 0 Å². The number of anilines is 1. The fourth-order valence-corrected chi connectivity index (χ4v) is 1.73. The number of nitrogen functional groups attached to an aromatic ring is 1. The van der Waals surface area contributed by atoms with Crippen molar-refractivity contribution in [3.05, 3.63) is 28.6 Å². The molecule has 6 heteroatoms. The van der Waals surface area contributed by atoms with Crippen molar-refractivity contribution in [2.45, 2.75) is 20.4 Å². The van der Waals surface area contributed by atoms with E-state index < -0.39 is 0 Å². The summed E-state index contributed by atoms with van der Waals surface area (Å²) in [5.74, 6) is 1.15. The van der Waals surface area contributed by atoms with Crippen molar-refractivity contribution in [3.8, 4) is 11.6 Å². The lowest BCUT2D eigenvalue weighted by atomic mass is 10.2. The van der Waals surface area contributed by atoms with E-state index in [0.717, 1.165) is 16.6 Å². The molecule has 2 heterocycles. The zero-order valence-corrected chi connectivity index (χ0v) is 11.2. The Hall–Kier alpha value is -1.56. The number of rotatable bonds is 3. The largest absolute Gasteiger partial charge is 0.435 e. The summed E-state index contributed by atoms with van der Waals surface area (Å²) >= 11 is 3.42. The minimum Gasteiger partial charge on any atom is -0.435 e. The van der Waals surface area contributed by atoms with Crippen molar-refractivity contribution >= 4 is 21.6 Å². The minimum absolute atomic E-state index is 0.493. The first-order chi connectivity index (χ1) is 8.11. The standard InChI is InChI=1S/C11H13BrN4O/c1-3-16-6-8(4-15-16)17-11-10(12)7(2)9(13)5-14-11/h4-6H,3,13H2,1-2H3. The van der Waals surface area contributed by atoms with Gasteiger partial charge < -0.3 is 10.5 Å². The highest BCUT2D eigenvalue weighted by molar-refractivity contribution is 9.10. The van der Waals surface area contributed by atoms with Crippen molar-refractivity contribution in [1.82, 2.24) is 14.8 Å². The quantitative estimate of drug-likeness (QED) is 0.946. The summed E-state index contributed by atoms with van der Waals surface area (Å²) < 4.78 is 8.18. The molecule has 0 amide bonds. The summed E-state index contributed by atoms with van der Waals surface area (Å²) in [7, 11) is 0. The number of nitrogens with zero attached hydrogens (tertiary/aromatic N) is 3. The van der Waals surface area contributed by atoms with Gasteiger partial charge >= 0.3 is 0 Å². The molecule has 2 rings (SSSR count). The summed E-state index contributed by atoms with van der Waals surface area (Å²) in [6.07, 6.45) is 5.06. The maximum absolute atomic E-state index is 5.74. The summed E-state index contributed by atoms with van der Waals surface area (Å²) in [5.41, 5.74) is 7.29. The van der Waals surface area contributed by atoms with Gasteiger partial charge in [0.15, 0.2) is 5.75 Å². The predicted molar refractivity (Wildman–Crippen MR) is 69.1 cm³/mol. The number of nitrogens with two attached hydrogens (primary N) is 1. The van der Waals surface area contributed by atoms with Crippen molar-refractivity contribution in [1.29, 1.82) is 0 Å². The Kier molecular flexibility index (Phi) is 3.33. The molecule has 90 valence electrons. The van der Waals surface area contributed by atoms with Crippen molar-refractivity contribution in [2.24, 2.45) is 0 Å². The van der Waals surface area contributed by atoms with Crippen molar-refractivity contribution < 1.29 is 4.74 Å². The van der Waals surface area contributed by atoms with Gasteiger partial charge in [0.2, 0.25) is 5.88 Å². The van der Waals surface area contributed by atoms with Crippen LogP contribution in [0.2, 0.25) is 0 Å². The fraction of sp³-hybridized carbons (Fsp3) is 0.273. The number of aryl methyl sites for hydroxylation is 1. The second-order valence-corrected chi connectivity index (χ2v) is 4.38. The van der Waals surface area contributed by atoms with E-state index in [0.29, 0.717) is 17.3 Å². The van der Waals surface area contributed by atoms with Crippen LogP contribution in [0, 0.1) is 6.92 Å². The molecule has 2 aromatic rings. The van der Waals surface area contributed by atoms with Crippen LogP contribution in [0.4, 0.5) is 5.69 Å². The van der Waals surface area contributed by atoms with Gasteiger partial charge in [-0.3, -0.25) is 4.68 Å². The molecule has 2 N–H and O–H groups in total. The van der Waals surface area contributed by atoms with E-state index >= 15 is 0 Å². The average molecular weight is 297 g/mol. The number of aromatic nitrogens is 3. The monoisotopic (exact) mass is 296 g/mol. The van der Waals surface area contributed by atoms with Gasteiger partial charge in [-0.15, -0.1) is 0 Å². The molecule has 0 saturated heterocycles. The molecule has 0 atom stereocenters. The first kappa shape index (κ1) is 11.9. The summed E-state index contributed by atoms with van der Waals surface area (Å²) in [4.78, 5) is 4.14. The molecule has 17 heavy (non-hydrogen) atoms. The van der Waals surface area contributed by atoms with E-state index in [2.05, 4.69) is 26.0 Å². The van der Waals surface area contributed by atoms with Gasteiger partial charge in [-0.2, -0.15) is 5.10 Å². The van der Waals surface area contributed by atoms with Crippen LogP contribution in [0.5, 0.6) is 11.6 Å². The van der Waals surface area contributed by atoms with Crippen LogP contribution in [0.25, 0.3) is 0 Å². The maximum Gasteiger partial charge on any atom is 0.234 e. The maximum atomic E-state index is 5.74. The van der Waals surface area contributed by atoms with Gasteiger partial charge in [0.1, 0.15) is 0 Å². The molecule has 0 spiro atoms. The van der Waals surface area contributed by atoms with Crippen LogP contribution < -0.4 is 10.5 Å². The molecule has 0 aliphatic rings. The zero-order valence-electron chi connectivity index (χ0n) is 9.64. The van der Waals surface area contributed by atoms with Gasteiger partial charge in [0, 0.05) is 6.54 Å². The van der Waals surface area contributed by atoms with E-state index in [1.807, 2.05) is 20.0 Å². The number of ether oxygens (including phenoxy) is 1. The molecule has 0 bridgehead atoms. The second kappa shape index (κ2) is 4.75. The minimum atomic E-state index is 0.493. The lowest BCUT2D eigenvalue weighted by molar-refractivity contribution is 0.458. The average Bonchev–Trinajstić information content (AvgIpc) is 2.78. The Morgan fingerprint density at radius 2 is 2.24 bits per heavy atom. The molecule has 5 nitrogen and oxygen atoms in total. The highest BCUT2D eigenvalue weighted by Gasteiger charge is 2.10. The van der Waals surface area contributed by atoms with Crippen molar-refractivity contribution in [2.75, 3.05) is 5.73 Å². The van der Waals surface area contributed by atoms with Crippen LogP contribution in [0.15, 0.2) is 23.1 Å². The summed E-state index contributed by atoms with van der Waals surface area (Å²) in [6, 6.07) is 0. The molecule has 0 aliphatic carbocycles. The van der Waals surface area contributed by atoms with Gasteiger partial charge in [0.25, 0.3) is 0 Å². The number of halogens is 1. The zero-order chi connectivity index (χ0) is 12.4. The molecular formula is C11H13BrN4O. The molecular weight excluding hydrogens is 284 g/mol. The Morgan fingerprint density at radius 1 is 1.47 bits per heavy atom. The lowest BCUT2D eigenvalue weighted by Gasteiger charge is -2.08. The number of hydrogen-bond acceptors (Lipinski definition) is 4. The van der Waals surface area contributed by atoms with Gasteiger partial charge in [-0.25, -0.2) is 4.98 Å². The Balaban J connectivity index is 2.27. The molecule has 0 unspecified atom stereocenters. The molecule has 0 radical (unpaired) electrons. The summed E-state index contributed by atoms with van der Waals surface area (Å²) in [6.45, 7) is 4.72. The first-order valence-electron chi connectivity index (χ1n) is 5.22. The van der Waals surface area contributed by atoms with Gasteiger partial charge in [-0.1, -0.05) is 0 Å². The van der Waals surface area contributed by atoms with Crippen LogP contribution in [-0.4, -0.2) is 14.8 Å². The van der Waals surface area contributed by atoms with E-state index in [4.69, 9.17) is 10.5 Å². The fourth-order valence-electron chi connectivity index (χ4n) is 1.32. The van der Waals surface area contributed by atoms with Crippen LogP contribution >= 0.6 is 15.9 Å². The second-order valence-electron chi connectivity index (χ2n) is 3.59. The Labute approximate surface area is 108 Å². The van der Waals surface area contributed by atoms with Crippen LogP contribution in [0.1, 0.15) is 12.5 Å². The third-order valence-electron chi connectivity index (χ3n) is 2.42. The van der Waals surface area contributed by atoms with Gasteiger partial charge in [0.05, 0.1) is 28.8 Å².